The van der Waals surface area contributed by atoms with Crippen LogP contribution < -0.4 is 21.3 Å². The van der Waals surface area contributed by atoms with Crippen LogP contribution >= 0.6 is 0 Å². The second-order valence-corrected chi connectivity index (χ2v) is 7.55. The molecule has 5 rings (SSSR count). The van der Waals surface area contributed by atoms with Gasteiger partial charge in [-0.05, 0) is 37.1 Å². The maximum atomic E-state index is 12.8. The van der Waals surface area contributed by atoms with Crippen molar-refractivity contribution in [2.45, 2.75) is 43.9 Å². The Bertz CT molecular complexity index is 1170. The Labute approximate surface area is 171 Å². The van der Waals surface area contributed by atoms with Crippen molar-refractivity contribution in [2.75, 3.05) is 0 Å². The van der Waals surface area contributed by atoms with E-state index in [1.165, 1.54) is 0 Å². The molecule has 2 amide bonds. The molecule has 2 unspecified atom stereocenters. The molecule has 9 heteroatoms. The molecule has 30 heavy (non-hydrogen) atoms. The molecule has 0 radical (unpaired) electrons. The van der Waals surface area contributed by atoms with E-state index in [2.05, 4.69) is 30.8 Å². The molecule has 9 nitrogen and oxygen atoms in total. The van der Waals surface area contributed by atoms with E-state index in [9.17, 15) is 9.59 Å². The van der Waals surface area contributed by atoms with Crippen LogP contribution in [0.15, 0.2) is 58.5 Å². The van der Waals surface area contributed by atoms with Crippen molar-refractivity contribution in [3.05, 3.63) is 59.2 Å². The first-order chi connectivity index (χ1) is 14.7. The lowest BCUT2D eigenvalue weighted by atomic mass is 9.90. The number of carbonyl (C=O) groups is 2. The average Bonchev–Trinajstić information content (AvgIpc) is 3.39. The minimum atomic E-state index is -0.779. The van der Waals surface area contributed by atoms with Crippen LogP contribution in [0.3, 0.4) is 0 Å². The molecule has 2 aromatic carbocycles. The lowest BCUT2D eigenvalue weighted by molar-refractivity contribution is -0.123. The van der Waals surface area contributed by atoms with Gasteiger partial charge in [0.05, 0.1) is 16.8 Å². The van der Waals surface area contributed by atoms with Gasteiger partial charge in [-0.25, -0.2) is 14.8 Å². The van der Waals surface area contributed by atoms with Gasteiger partial charge in [0.1, 0.15) is 11.0 Å². The van der Waals surface area contributed by atoms with E-state index in [1.807, 2.05) is 48.5 Å². The lowest BCUT2D eigenvalue weighted by Gasteiger charge is -2.32. The molecule has 0 bridgehead atoms. The summed E-state index contributed by atoms with van der Waals surface area (Å²) in [5, 5.41) is 15.9. The van der Waals surface area contributed by atoms with E-state index in [0.717, 1.165) is 41.2 Å². The second-order valence-electron chi connectivity index (χ2n) is 7.55. The third-order valence-corrected chi connectivity index (χ3v) is 5.51. The fourth-order valence-electron chi connectivity index (χ4n) is 3.99. The summed E-state index contributed by atoms with van der Waals surface area (Å²) in [6, 6.07) is 14.0. The van der Waals surface area contributed by atoms with Gasteiger partial charge in [0, 0.05) is 6.04 Å². The minimum Gasteiger partial charge on any atom is -0.348 e. The number of para-hydroxylation sites is 2. The van der Waals surface area contributed by atoms with Gasteiger partial charge >= 0.3 is 6.03 Å². The number of hydrogen-bond acceptors (Lipinski definition) is 6. The van der Waals surface area contributed by atoms with Crippen molar-refractivity contribution < 1.29 is 9.59 Å². The van der Waals surface area contributed by atoms with Crippen molar-refractivity contribution in [3.63, 3.8) is 0 Å². The van der Waals surface area contributed by atoms with Gasteiger partial charge in [-0.2, -0.15) is 0 Å². The van der Waals surface area contributed by atoms with E-state index in [-0.39, 0.29) is 18.0 Å². The molecule has 1 aliphatic carbocycles. The summed E-state index contributed by atoms with van der Waals surface area (Å²) in [7, 11) is 0. The Hall–Kier alpha value is -3.62. The molecule has 1 fully saturated rings. The van der Waals surface area contributed by atoms with E-state index in [0.29, 0.717) is 11.0 Å². The highest BCUT2D eigenvalue weighted by Crippen LogP contribution is 2.19. The standard InChI is InChI=1S/C21H21N7O2/c29-20(19-22-13-7-1-2-8-14(13)23-19)24-15-9-3-4-10-16(15)25-21(30)28-26-17-11-5-6-12-18(17)27-28/h1-2,5-8,11-12,15-16,19H,3-4,9-10H2,(H,24,29)(H,25,30). The molecule has 1 aromatic heterocycles. The number of aromatic nitrogens is 3. The summed E-state index contributed by atoms with van der Waals surface area (Å²) < 4.78 is 0. The largest absolute Gasteiger partial charge is 0.359 e. The van der Waals surface area contributed by atoms with Crippen molar-refractivity contribution in [1.29, 1.82) is 0 Å². The van der Waals surface area contributed by atoms with E-state index < -0.39 is 12.2 Å². The summed E-state index contributed by atoms with van der Waals surface area (Å²) in [4.78, 5) is 35.3. The Kier molecular flexibility index (Phi) is 4.70. The molecule has 2 N–H and O–H groups in total. The summed E-state index contributed by atoms with van der Waals surface area (Å²) in [6.45, 7) is 0. The summed E-state index contributed by atoms with van der Waals surface area (Å²) in [6.07, 6.45) is 2.75. The number of nitrogens with zero attached hydrogens (tertiary/aromatic N) is 5. The van der Waals surface area contributed by atoms with Gasteiger partial charge in [-0.1, -0.05) is 41.9 Å². The van der Waals surface area contributed by atoms with Crippen molar-refractivity contribution in [2.24, 2.45) is 9.98 Å². The molecule has 0 spiro atoms. The van der Waals surface area contributed by atoms with E-state index in [1.54, 1.807) is 0 Å². The normalized spacial score (nSPS) is 20.8. The molecule has 2 aliphatic rings. The molecule has 2 heterocycles. The summed E-state index contributed by atoms with van der Waals surface area (Å²) in [5.74, 6) is -0.250. The van der Waals surface area contributed by atoms with Crippen molar-refractivity contribution in [3.8, 4) is 0 Å². The van der Waals surface area contributed by atoms with Crippen LogP contribution in [0.25, 0.3) is 11.0 Å². The Balaban J connectivity index is 1.28. The van der Waals surface area contributed by atoms with Crippen molar-refractivity contribution in [1.82, 2.24) is 25.6 Å². The van der Waals surface area contributed by atoms with Crippen LogP contribution in [0.2, 0.25) is 0 Å². The number of hydrogen-bond donors (Lipinski definition) is 2. The molecule has 0 saturated heterocycles. The number of benzene rings is 2. The average molecular weight is 403 g/mol. The fourth-order valence-corrected chi connectivity index (χ4v) is 3.99. The van der Waals surface area contributed by atoms with Crippen LogP contribution in [0.5, 0.6) is 0 Å². The number of carbonyl (C=O) groups excluding carboxylic acids is 2. The first-order valence-corrected chi connectivity index (χ1v) is 10.1. The SMILES string of the molecule is O=C(NC1CCCCC1NC(=O)n1nc2ccccc2n1)C1N=c2ccccc2=N1. The van der Waals surface area contributed by atoms with E-state index >= 15 is 0 Å². The highest BCUT2D eigenvalue weighted by atomic mass is 16.2. The molecular formula is C21H21N7O2. The quantitative estimate of drug-likeness (QED) is 0.670. The molecule has 1 saturated carbocycles. The molecule has 3 aromatic rings. The topological polar surface area (TPSA) is 114 Å². The van der Waals surface area contributed by atoms with Gasteiger partial charge in [0.25, 0.3) is 5.91 Å². The van der Waals surface area contributed by atoms with Crippen molar-refractivity contribution >= 4 is 23.0 Å². The molecular weight excluding hydrogens is 382 g/mol. The zero-order valence-corrected chi connectivity index (χ0v) is 16.2. The Morgan fingerprint density at radius 3 is 1.93 bits per heavy atom. The molecule has 1 aliphatic heterocycles. The number of fused-ring (bicyclic) bond motifs is 2. The predicted octanol–water partition coefficient (Wildman–Crippen LogP) is 0.695. The zero-order chi connectivity index (χ0) is 20.5. The highest BCUT2D eigenvalue weighted by molar-refractivity contribution is 5.83. The third-order valence-electron chi connectivity index (χ3n) is 5.51. The van der Waals surface area contributed by atoms with Crippen LogP contribution in [-0.2, 0) is 4.79 Å². The van der Waals surface area contributed by atoms with E-state index in [4.69, 9.17) is 0 Å². The summed E-state index contributed by atoms with van der Waals surface area (Å²) >= 11 is 0. The van der Waals surface area contributed by atoms with Gasteiger partial charge in [-0.3, -0.25) is 4.79 Å². The van der Waals surface area contributed by atoms with Crippen LogP contribution in [0, 0.1) is 0 Å². The molecule has 152 valence electrons. The Morgan fingerprint density at radius 1 is 0.800 bits per heavy atom. The van der Waals surface area contributed by atoms with Crippen LogP contribution in [0.1, 0.15) is 25.7 Å². The van der Waals surface area contributed by atoms with Crippen LogP contribution in [-0.4, -0.2) is 45.2 Å². The summed E-state index contributed by atoms with van der Waals surface area (Å²) in [5.41, 5.74) is 1.32. The minimum absolute atomic E-state index is 0.186. The maximum absolute atomic E-state index is 12.8. The first kappa shape index (κ1) is 18.4. The smallest absolute Gasteiger partial charge is 0.348 e. The highest BCUT2D eigenvalue weighted by Gasteiger charge is 2.31. The zero-order valence-electron chi connectivity index (χ0n) is 16.2. The van der Waals surface area contributed by atoms with Gasteiger partial charge in [0.2, 0.25) is 6.17 Å². The van der Waals surface area contributed by atoms with Gasteiger partial charge < -0.3 is 10.6 Å². The predicted molar refractivity (Wildman–Crippen MR) is 108 cm³/mol. The number of amides is 2. The monoisotopic (exact) mass is 403 g/mol. The van der Waals surface area contributed by atoms with Gasteiger partial charge in [0.15, 0.2) is 0 Å². The van der Waals surface area contributed by atoms with Gasteiger partial charge in [-0.15, -0.1) is 10.2 Å². The van der Waals surface area contributed by atoms with Crippen LogP contribution in [0.4, 0.5) is 4.79 Å². The number of rotatable bonds is 3. The third kappa shape index (κ3) is 3.54. The second kappa shape index (κ2) is 7.66. The molecule has 2 atom stereocenters. The number of nitrogens with one attached hydrogen (secondary N) is 2. The Morgan fingerprint density at radius 2 is 1.33 bits per heavy atom. The maximum Gasteiger partial charge on any atom is 0.359 e. The first-order valence-electron chi connectivity index (χ1n) is 10.1. The lowest BCUT2D eigenvalue weighted by Crippen LogP contribution is -2.55. The fraction of sp³-hybridized carbons (Fsp3) is 0.333.